The third kappa shape index (κ3) is 3.27. The highest BCUT2D eigenvalue weighted by Crippen LogP contribution is 2.41. The summed E-state index contributed by atoms with van der Waals surface area (Å²) in [4.78, 5) is 29.9. The number of piperidine rings is 1. The van der Waals surface area contributed by atoms with E-state index >= 15 is 0 Å². The molecule has 142 valence electrons. The molecule has 5 nitrogen and oxygen atoms in total. The summed E-state index contributed by atoms with van der Waals surface area (Å²) in [5.41, 5.74) is 2.56. The molecular formula is C22H26N2O3. The normalized spacial score (nSPS) is 22.7. The zero-order valence-electron chi connectivity index (χ0n) is 16.0. The molecule has 1 aromatic carbocycles. The highest BCUT2D eigenvalue weighted by Gasteiger charge is 2.49. The number of rotatable bonds is 3. The van der Waals surface area contributed by atoms with Gasteiger partial charge in [0.15, 0.2) is 0 Å². The Hall–Kier alpha value is -2.56. The average molecular weight is 366 g/mol. The number of likely N-dealkylation sites (tertiary alicyclic amines) is 2. The van der Waals surface area contributed by atoms with Gasteiger partial charge in [0.05, 0.1) is 17.2 Å². The molecule has 27 heavy (non-hydrogen) atoms. The molecule has 0 bridgehead atoms. The number of hydrogen-bond donors (Lipinski definition) is 0. The lowest BCUT2D eigenvalue weighted by atomic mass is 9.78. The number of hydrogen-bond acceptors (Lipinski definition) is 3. The van der Waals surface area contributed by atoms with Crippen molar-refractivity contribution in [2.75, 3.05) is 19.6 Å². The van der Waals surface area contributed by atoms with Crippen molar-refractivity contribution in [1.29, 1.82) is 0 Å². The first kappa shape index (κ1) is 17.8. The molecule has 0 aliphatic carbocycles. The fraction of sp³-hybridized carbons (Fsp3) is 0.455. The Morgan fingerprint density at radius 3 is 2.78 bits per heavy atom. The van der Waals surface area contributed by atoms with Crippen LogP contribution in [0.1, 0.15) is 46.5 Å². The summed E-state index contributed by atoms with van der Waals surface area (Å²) in [5.74, 6) is 0.813. The molecule has 5 heteroatoms. The number of furan rings is 1. The Morgan fingerprint density at radius 2 is 2.04 bits per heavy atom. The van der Waals surface area contributed by atoms with Crippen LogP contribution in [-0.2, 0) is 11.3 Å². The maximum absolute atomic E-state index is 13.3. The summed E-state index contributed by atoms with van der Waals surface area (Å²) in [6.07, 6.45) is 4.15. The predicted octanol–water partition coefficient (Wildman–Crippen LogP) is 3.55. The quantitative estimate of drug-likeness (QED) is 0.835. The summed E-state index contributed by atoms with van der Waals surface area (Å²) in [5, 5.41) is 0. The minimum atomic E-state index is -0.421. The van der Waals surface area contributed by atoms with Crippen LogP contribution >= 0.6 is 0 Å². The van der Waals surface area contributed by atoms with Crippen molar-refractivity contribution in [1.82, 2.24) is 9.80 Å². The maximum atomic E-state index is 13.3. The van der Waals surface area contributed by atoms with E-state index in [1.165, 1.54) is 11.1 Å². The van der Waals surface area contributed by atoms with E-state index in [0.29, 0.717) is 31.0 Å². The van der Waals surface area contributed by atoms with Gasteiger partial charge in [-0.05, 0) is 44.7 Å². The minimum Gasteiger partial charge on any atom is -0.469 e. The van der Waals surface area contributed by atoms with Crippen molar-refractivity contribution >= 4 is 11.8 Å². The Morgan fingerprint density at radius 1 is 1.19 bits per heavy atom. The summed E-state index contributed by atoms with van der Waals surface area (Å²) >= 11 is 0. The molecule has 2 aliphatic heterocycles. The van der Waals surface area contributed by atoms with Crippen LogP contribution in [-0.4, -0.2) is 41.2 Å². The molecule has 2 amide bonds. The molecule has 0 radical (unpaired) electrons. The highest BCUT2D eigenvalue weighted by molar-refractivity contribution is 5.96. The molecule has 2 aliphatic rings. The summed E-state index contributed by atoms with van der Waals surface area (Å²) < 4.78 is 5.27. The zero-order chi connectivity index (χ0) is 19.0. The van der Waals surface area contributed by atoms with Crippen LogP contribution in [0.5, 0.6) is 0 Å². The van der Waals surface area contributed by atoms with E-state index < -0.39 is 5.41 Å². The molecule has 0 saturated carbocycles. The van der Waals surface area contributed by atoms with E-state index in [-0.39, 0.29) is 11.8 Å². The van der Waals surface area contributed by atoms with Crippen LogP contribution < -0.4 is 0 Å². The zero-order valence-corrected chi connectivity index (χ0v) is 16.0. The molecule has 1 spiro atoms. The highest BCUT2D eigenvalue weighted by atomic mass is 16.3. The molecular weight excluding hydrogens is 340 g/mol. The van der Waals surface area contributed by atoms with Crippen molar-refractivity contribution in [2.45, 2.75) is 39.7 Å². The van der Waals surface area contributed by atoms with Crippen molar-refractivity contribution in [3.63, 3.8) is 0 Å². The summed E-state index contributed by atoms with van der Waals surface area (Å²) in [6.45, 7) is 6.46. The topological polar surface area (TPSA) is 53.8 Å². The first-order valence-corrected chi connectivity index (χ1v) is 9.67. The van der Waals surface area contributed by atoms with Gasteiger partial charge in [-0.2, -0.15) is 0 Å². The average Bonchev–Trinajstić information content (AvgIpc) is 3.26. The largest absolute Gasteiger partial charge is 0.469 e. The van der Waals surface area contributed by atoms with Crippen molar-refractivity contribution in [2.24, 2.45) is 5.41 Å². The number of aryl methyl sites for hydroxylation is 2. The number of carbonyl (C=O) groups is 2. The Bertz CT molecular complexity index is 872. The van der Waals surface area contributed by atoms with Crippen molar-refractivity contribution in [3.05, 3.63) is 59.0 Å². The fourth-order valence-corrected chi connectivity index (χ4v) is 4.54. The Kier molecular flexibility index (Phi) is 4.54. The van der Waals surface area contributed by atoms with E-state index in [2.05, 4.69) is 25.1 Å². The molecule has 4 rings (SSSR count). The van der Waals surface area contributed by atoms with Crippen LogP contribution in [0, 0.1) is 19.3 Å². The van der Waals surface area contributed by atoms with Gasteiger partial charge < -0.3 is 14.2 Å². The maximum Gasteiger partial charge on any atom is 0.257 e. The predicted molar refractivity (Wildman–Crippen MR) is 102 cm³/mol. The van der Waals surface area contributed by atoms with Crippen LogP contribution in [0.2, 0.25) is 0 Å². The lowest BCUT2D eigenvalue weighted by Crippen LogP contribution is -2.50. The SMILES string of the molecule is Cc1cccc(CN2CCCC3(CCN(C(=O)c4ccoc4C)C3)C2=O)c1. The summed E-state index contributed by atoms with van der Waals surface area (Å²) in [7, 11) is 0. The van der Waals surface area contributed by atoms with Gasteiger partial charge in [-0.15, -0.1) is 0 Å². The molecule has 2 aromatic rings. The van der Waals surface area contributed by atoms with E-state index in [9.17, 15) is 9.59 Å². The van der Waals surface area contributed by atoms with Crippen molar-refractivity contribution < 1.29 is 14.0 Å². The Labute approximate surface area is 159 Å². The third-order valence-corrected chi connectivity index (χ3v) is 6.01. The molecule has 2 saturated heterocycles. The standard InChI is InChI=1S/C22H26N2O3/c1-16-5-3-6-18(13-16)14-23-10-4-8-22(21(23)26)9-11-24(15-22)20(25)19-7-12-27-17(19)2/h3,5-7,12-13H,4,8-11,14-15H2,1-2H3. The molecule has 1 unspecified atom stereocenters. The molecule has 2 fully saturated rings. The van der Waals surface area contributed by atoms with Gasteiger partial charge in [-0.25, -0.2) is 0 Å². The lowest BCUT2D eigenvalue weighted by Gasteiger charge is -2.39. The monoisotopic (exact) mass is 366 g/mol. The smallest absolute Gasteiger partial charge is 0.257 e. The van der Waals surface area contributed by atoms with E-state index in [1.807, 2.05) is 15.9 Å². The van der Waals surface area contributed by atoms with Gasteiger partial charge >= 0.3 is 0 Å². The molecule has 3 heterocycles. The van der Waals surface area contributed by atoms with Crippen molar-refractivity contribution in [3.8, 4) is 0 Å². The van der Waals surface area contributed by atoms with E-state index in [4.69, 9.17) is 4.42 Å². The van der Waals surface area contributed by atoms with Gasteiger partial charge in [-0.1, -0.05) is 29.8 Å². The first-order valence-electron chi connectivity index (χ1n) is 9.67. The van der Waals surface area contributed by atoms with Gasteiger partial charge in [0.25, 0.3) is 5.91 Å². The number of carbonyl (C=O) groups excluding carboxylic acids is 2. The van der Waals surface area contributed by atoms with Crippen LogP contribution in [0.4, 0.5) is 0 Å². The molecule has 0 N–H and O–H groups in total. The molecule has 1 aromatic heterocycles. The minimum absolute atomic E-state index is 0.0262. The number of benzene rings is 1. The van der Waals surface area contributed by atoms with Gasteiger partial charge in [0.1, 0.15) is 5.76 Å². The third-order valence-electron chi connectivity index (χ3n) is 6.01. The first-order chi connectivity index (χ1) is 13.0. The van der Waals surface area contributed by atoms with Crippen LogP contribution in [0.25, 0.3) is 0 Å². The van der Waals surface area contributed by atoms with Crippen LogP contribution in [0.3, 0.4) is 0 Å². The van der Waals surface area contributed by atoms with E-state index in [1.54, 1.807) is 19.3 Å². The second-order valence-electron chi connectivity index (χ2n) is 7.97. The van der Waals surface area contributed by atoms with Crippen LogP contribution in [0.15, 0.2) is 41.0 Å². The van der Waals surface area contributed by atoms with Gasteiger partial charge in [-0.3, -0.25) is 9.59 Å². The lowest BCUT2D eigenvalue weighted by molar-refractivity contribution is -0.146. The van der Waals surface area contributed by atoms with Gasteiger partial charge in [0, 0.05) is 26.2 Å². The second kappa shape index (κ2) is 6.87. The van der Waals surface area contributed by atoms with Gasteiger partial charge in [0.2, 0.25) is 5.91 Å². The number of amides is 2. The molecule has 1 atom stereocenters. The van der Waals surface area contributed by atoms with E-state index in [0.717, 1.165) is 25.8 Å². The summed E-state index contributed by atoms with van der Waals surface area (Å²) in [6, 6.07) is 10.0. The fourth-order valence-electron chi connectivity index (χ4n) is 4.54. The Balaban J connectivity index is 1.49. The second-order valence-corrected chi connectivity index (χ2v) is 7.97. The number of nitrogens with zero attached hydrogens (tertiary/aromatic N) is 2.